The number of ether oxygens (including phenoxy) is 1. The van der Waals surface area contributed by atoms with Crippen LogP contribution in [-0.2, 0) is 0 Å². The molecule has 0 aliphatic carbocycles. The van der Waals surface area contributed by atoms with Crippen LogP contribution in [0.5, 0.6) is 5.75 Å². The number of pyridine rings is 1. The molecule has 2 heterocycles. The number of carbonyl (C=O) groups is 1. The molecule has 1 fully saturated rings. The third-order valence-corrected chi connectivity index (χ3v) is 4.03. The number of hydrogen-bond acceptors (Lipinski definition) is 3. The minimum Gasteiger partial charge on any atom is -0.435 e. The van der Waals surface area contributed by atoms with Gasteiger partial charge in [-0.05, 0) is 41.5 Å². The number of amides is 1. The van der Waals surface area contributed by atoms with Crippen LogP contribution in [-0.4, -0.2) is 41.7 Å². The molecule has 2 aromatic rings. The number of carbonyl (C=O) groups excluding carboxylic acids is 1. The monoisotopic (exact) mass is 390 g/mol. The van der Waals surface area contributed by atoms with Crippen LogP contribution in [0.15, 0.2) is 30.3 Å². The van der Waals surface area contributed by atoms with E-state index in [1.165, 1.54) is 35.2 Å². The minimum absolute atomic E-state index is 0.0456. The van der Waals surface area contributed by atoms with Gasteiger partial charge in [0.25, 0.3) is 5.91 Å². The summed E-state index contributed by atoms with van der Waals surface area (Å²) in [4.78, 5) is 17.7. The van der Waals surface area contributed by atoms with Crippen molar-refractivity contribution < 1.29 is 22.7 Å². The van der Waals surface area contributed by atoms with Crippen LogP contribution in [0.1, 0.15) is 10.4 Å². The predicted octanol–water partition coefficient (Wildman–Crippen LogP) is 4.45. The van der Waals surface area contributed by atoms with E-state index < -0.39 is 18.7 Å². The van der Waals surface area contributed by atoms with Crippen LogP contribution in [0.2, 0.25) is 10.3 Å². The molecule has 3 rings (SSSR count). The molecule has 25 heavy (non-hydrogen) atoms. The Morgan fingerprint density at radius 1 is 1.20 bits per heavy atom. The highest BCUT2D eigenvalue weighted by Gasteiger charge is 2.32. The summed E-state index contributed by atoms with van der Waals surface area (Å²) in [6, 6.07) is 6.91. The van der Waals surface area contributed by atoms with E-state index in [0.29, 0.717) is 11.1 Å². The molecular formula is C16H11Cl2F3N2O2. The Hall–Kier alpha value is -1.99. The first kappa shape index (κ1) is 17.8. The van der Waals surface area contributed by atoms with Gasteiger partial charge in [-0.3, -0.25) is 4.79 Å². The van der Waals surface area contributed by atoms with Crippen molar-refractivity contribution in [2.75, 3.05) is 13.1 Å². The van der Waals surface area contributed by atoms with Crippen molar-refractivity contribution in [1.82, 2.24) is 9.88 Å². The molecule has 0 saturated carbocycles. The Morgan fingerprint density at radius 2 is 1.84 bits per heavy atom. The summed E-state index contributed by atoms with van der Waals surface area (Å²) >= 11 is 11.8. The smallest absolute Gasteiger partial charge is 0.387 e. The molecule has 0 radical (unpaired) electrons. The van der Waals surface area contributed by atoms with Crippen molar-refractivity contribution in [2.45, 2.75) is 12.8 Å². The first-order valence-corrected chi connectivity index (χ1v) is 7.95. The van der Waals surface area contributed by atoms with E-state index in [4.69, 9.17) is 23.2 Å². The lowest BCUT2D eigenvalue weighted by molar-refractivity contribution is -0.0499. The molecule has 0 bridgehead atoms. The van der Waals surface area contributed by atoms with Crippen LogP contribution in [0.3, 0.4) is 0 Å². The number of aromatic nitrogens is 1. The number of rotatable bonds is 4. The molecule has 0 atom stereocenters. The predicted molar refractivity (Wildman–Crippen MR) is 87.1 cm³/mol. The second kappa shape index (κ2) is 7.09. The lowest BCUT2D eigenvalue weighted by Crippen LogP contribution is -2.51. The molecule has 1 aromatic heterocycles. The van der Waals surface area contributed by atoms with Gasteiger partial charge in [-0.15, -0.1) is 0 Å². The van der Waals surface area contributed by atoms with Crippen LogP contribution in [0.4, 0.5) is 13.2 Å². The maximum absolute atomic E-state index is 13.1. The molecule has 9 heteroatoms. The first-order chi connectivity index (χ1) is 11.8. The van der Waals surface area contributed by atoms with E-state index in [1.54, 1.807) is 0 Å². The zero-order valence-electron chi connectivity index (χ0n) is 12.6. The summed E-state index contributed by atoms with van der Waals surface area (Å²) in [6.45, 7) is -3.12. The standard InChI is InChI=1S/C16H11Cl2F3N2O2/c17-13-3-8(4-14(18)22-13)11-2-1-10(25-16(20)21)5-12(11)15(24)23-6-9(19)7-23/h1-5,9,16H,6-7H2. The fourth-order valence-electron chi connectivity index (χ4n) is 2.51. The molecule has 1 aliphatic rings. The van der Waals surface area contributed by atoms with Gasteiger partial charge in [0.15, 0.2) is 0 Å². The van der Waals surface area contributed by atoms with Gasteiger partial charge in [0.1, 0.15) is 22.2 Å². The van der Waals surface area contributed by atoms with Gasteiger partial charge in [0, 0.05) is 0 Å². The van der Waals surface area contributed by atoms with Gasteiger partial charge in [0.2, 0.25) is 0 Å². The van der Waals surface area contributed by atoms with Crippen molar-refractivity contribution in [3.8, 4) is 16.9 Å². The first-order valence-electron chi connectivity index (χ1n) is 7.19. The zero-order valence-corrected chi connectivity index (χ0v) is 14.1. The summed E-state index contributed by atoms with van der Waals surface area (Å²) in [5, 5.41) is 0.225. The molecule has 132 valence electrons. The molecule has 0 spiro atoms. The molecule has 1 amide bonds. The number of likely N-dealkylation sites (tertiary alicyclic amines) is 1. The van der Waals surface area contributed by atoms with Crippen LogP contribution in [0.25, 0.3) is 11.1 Å². The lowest BCUT2D eigenvalue weighted by atomic mass is 9.98. The Labute approximate surface area is 151 Å². The maximum atomic E-state index is 13.1. The van der Waals surface area contributed by atoms with E-state index >= 15 is 0 Å². The fraction of sp³-hybridized carbons (Fsp3) is 0.250. The summed E-state index contributed by atoms with van der Waals surface area (Å²) in [5.41, 5.74) is 0.970. The van der Waals surface area contributed by atoms with Crippen molar-refractivity contribution in [2.24, 2.45) is 0 Å². The zero-order chi connectivity index (χ0) is 18.1. The van der Waals surface area contributed by atoms with Crippen LogP contribution in [0, 0.1) is 0 Å². The molecule has 1 aromatic carbocycles. The second-order valence-electron chi connectivity index (χ2n) is 5.39. The van der Waals surface area contributed by atoms with Gasteiger partial charge in [-0.2, -0.15) is 8.78 Å². The highest BCUT2D eigenvalue weighted by molar-refractivity contribution is 6.33. The SMILES string of the molecule is O=C(c1cc(OC(F)F)ccc1-c1cc(Cl)nc(Cl)c1)N1CC(F)C1. The fourth-order valence-corrected chi connectivity index (χ4v) is 2.97. The van der Waals surface area contributed by atoms with Gasteiger partial charge in [-0.1, -0.05) is 23.2 Å². The normalized spacial score (nSPS) is 14.6. The third kappa shape index (κ3) is 3.99. The molecule has 0 N–H and O–H groups in total. The van der Waals surface area contributed by atoms with Gasteiger partial charge in [-0.25, -0.2) is 9.37 Å². The van der Waals surface area contributed by atoms with Crippen LogP contribution >= 0.6 is 23.2 Å². The third-order valence-electron chi connectivity index (χ3n) is 3.64. The summed E-state index contributed by atoms with van der Waals surface area (Å²) in [6.07, 6.45) is -1.09. The van der Waals surface area contributed by atoms with Gasteiger partial charge in [0.05, 0.1) is 18.7 Å². The molecule has 4 nitrogen and oxygen atoms in total. The average Bonchev–Trinajstić information content (AvgIpc) is 2.49. The van der Waals surface area contributed by atoms with Crippen molar-refractivity contribution in [1.29, 1.82) is 0 Å². The van der Waals surface area contributed by atoms with E-state index in [0.717, 1.165) is 0 Å². The van der Waals surface area contributed by atoms with E-state index in [1.807, 2.05) is 0 Å². The molecule has 0 unspecified atom stereocenters. The van der Waals surface area contributed by atoms with E-state index in [2.05, 4.69) is 9.72 Å². The Balaban J connectivity index is 2.05. The molecular weight excluding hydrogens is 380 g/mol. The Bertz CT molecular complexity index is 794. The molecule has 1 aliphatic heterocycles. The summed E-state index contributed by atoms with van der Waals surface area (Å²) in [7, 11) is 0. The van der Waals surface area contributed by atoms with Crippen molar-refractivity contribution >= 4 is 29.1 Å². The van der Waals surface area contributed by atoms with Gasteiger partial charge >= 0.3 is 6.61 Å². The number of alkyl halides is 3. The topological polar surface area (TPSA) is 42.4 Å². The largest absolute Gasteiger partial charge is 0.435 e. The summed E-state index contributed by atoms with van der Waals surface area (Å²) < 4.78 is 42.3. The average molecular weight is 391 g/mol. The minimum atomic E-state index is -3.03. The summed E-state index contributed by atoms with van der Waals surface area (Å²) in [5.74, 6) is -0.668. The van der Waals surface area contributed by atoms with Crippen molar-refractivity contribution in [3.63, 3.8) is 0 Å². The van der Waals surface area contributed by atoms with E-state index in [-0.39, 0.29) is 34.7 Å². The lowest BCUT2D eigenvalue weighted by Gasteiger charge is -2.34. The highest BCUT2D eigenvalue weighted by Crippen LogP contribution is 2.32. The number of hydrogen-bond donors (Lipinski definition) is 0. The number of benzene rings is 1. The van der Waals surface area contributed by atoms with Crippen LogP contribution < -0.4 is 4.74 Å². The Morgan fingerprint density at radius 3 is 2.40 bits per heavy atom. The second-order valence-corrected chi connectivity index (χ2v) is 6.17. The highest BCUT2D eigenvalue weighted by atomic mass is 35.5. The Kier molecular flexibility index (Phi) is 5.06. The maximum Gasteiger partial charge on any atom is 0.387 e. The van der Waals surface area contributed by atoms with Gasteiger partial charge < -0.3 is 9.64 Å². The number of nitrogens with zero attached hydrogens (tertiary/aromatic N) is 2. The molecule has 1 saturated heterocycles. The number of halogens is 5. The quantitative estimate of drug-likeness (QED) is 0.724. The van der Waals surface area contributed by atoms with E-state index in [9.17, 15) is 18.0 Å². The van der Waals surface area contributed by atoms with Crippen molar-refractivity contribution in [3.05, 3.63) is 46.2 Å².